The summed E-state index contributed by atoms with van der Waals surface area (Å²) < 4.78 is 67.6. The predicted octanol–water partition coefficient (Wildman–Crippen LogP) is 3.98. The number of aliphatic hydroxyl groups excluding tert-OH is 1. The van der Waals surface area contributed by atoms with Crippen LogP contribution in [0.1, 0.15) is 36.0 Å². The zero-order valence-corrected chi connectivity index (χ0v) is 19.0. The monoisotopic (exact) mass is 510 g/mol. The van der Waals surface area contributed by atoms with E-state index in [2.05, 4.69) is 15.3 Å². The molecule has 2 bridgehead atoms. The van der Waals surface area contributed by atoms with Crippen LogP contribution in [0.2, 0.25) is 0 Å². The van der Waals surface area contributed by atoms with Gasteiger partial charge in [0.05, 0.1) is 28.0 Å². The first kappa shape index (κ1) is 25.0. The molecule has 3 N–H and O–H groups in total. The van der Waals surface area contributed by atoms with Crippen molar-refractivity contribution in [2.24, 2.45) is 17.0 Å². The molecular formula is C22H21F3N4O5S. The molecule has 2 aromatic rings. The van der Waals surface area contributed by atoms with Crippen molar-refractivity contribution in [3.63, 3.8) is 0 Å². The highest BCUT2D eigenvalue weighted by Gasteiger charge is 2.54. The molecule has 4 rings (SSSR count). The van der Waals surface area contributed by atoms with Gasteiger partial charge in [-0.25, -0.2) is 21.6 Å². The zero-order chi connectivity index (χ0) is 25.5. The lowest BCUT2D eigenvalue weighted by molar-refractivity contribution is -0.0597. The largest absolute Gasteiger partial charge is 0.393 e. The highest BCUT2D eigenvalue weighted by Crippen LogP contribution is 2.51. The molecular weight excluding hydrogens is 489 g/mol. The van der Waals surface area contributed by atoms with Gasteiger partial charge in [0.15, 0.2) is 27.3 Å². The quantitative estimate of drug-likeness (QED) is 0.232. The summed E-state index contributed by atoms with van der Waals surface area (Å²) in [6.07, 6.45) is 1.22. The molecule has 0 aromatic heterocycles. The van der Waals surface area contributed by atoms with Crippen molar-refractivity contribution >= 4 is 27.1 Å². The van der Waals surface area contributed by atoms with Gasteiger partial charge in [0.25, 0.3) is 5.91 Å². The number of nitrogens with zero attached hydrogens (tertiary/aromatic N) is 3. The van der Waals surface area contributed by atoms with Crippen LogP contribution in [0, 0.1) is 29.3 Å². The number of azide groups is 1. The van der Waals surface area contributed by atoms with Crippen LogP contribution in [0.25, 0.3) is 10.4 Å². The van der Waals surface area contributed by atoms with E-state index in [1.807, 2.05) is 0 Å². The maximum atomic E-state index is 13.7. The molecule has 0 saturated heterocycles. The van der Waals surface area contributed by atoms with Gasteiger partial charge in [-0.1, -0.05) is 11.2 Å². The first-order valence-electron chi connectivity index (χ1n) is 10.7. The Balaban J connectivity index is 1.70. The smallest absolute Gasteiger partial charge is 0.255 e. The van der Waals surface area contributed by atoms with Gasteiger partial charge in [-0.2, -0.15) is 0 Å². The average Bonchev–Trinajstić information content (AvgIpc) is 3.11. The molecule has 2 aromatic carbocycles. The second-order valence-electron chi connectivity index (χ2n) is 8.98. The third-order valence-electron chi connectivity index (χ3n) is 6.70. The highest BCUT2D eigenvalue weighted by molar-refractivity contribution is 7.92. The molecule has 2 fully saturated rings. The van der Waals surface area contributed by atoms with Gasteiger partial charge in [0.2, 0.25) is 0 Å². The minimum absolute atomic E-state index is 0.0859. The van der Waals surface area contributed by atoms with Gasteiger partial charge >= 0.3 is 0 Å². The number of amides is 1. The SMILES string of the molecule is [N-]=[N+]=Nc1ccc(C(=O)Nc2cc(F)c(F)c(F)c2)cc1S(=O)(=O)C1C2CC[C@H]1CC(O)(CO)C2. The van der Waals surface area contributed by atoms with Crippen LogP contribution < -0.4 is 5.32 Å². The Morgan fingerprint density at radius 2 is 1.74 bits per heavy atom. The Bertz CT molecular complexity index is 1310. The standard InChI is InChI=1S/C22H21F3N4O5S/c23-15-6-14(7-16(24)19(15)25)27-21(31)11-3-4-17(28-29-26)18(5-11)35(33,34)20-12-1-2-13(20)9-22(32,8-12)10-30/h3-7,12-13,20,30,32H,1-2,8-10H2,(H,27,31)/t12-,13?,20?,22?/m0/s1. The van der Waals surface area contributed by atoms with Crippen LogP contribution in [-0.4, -0.2) is 42.0 Å². The van der Waals surface area contributed by atoms with E-state index in [4.69, 9.17) is 5.53 Å². The summed E-state index contributed by atoms with van der Waals surface area (Å²) in [5, 5.41) is 24.8. The van der Waals surface area contributed by atoms with Crippen LogP contribution in [0.5, 0.6) is 0 Å². The van der Waals surface area contributed by atoms with Crippen molar-refractivity contribution in [3.8, 4) is 0 Å². The molecule has 1 amide bonds. The van der Waals surface area contributed by atoms with Crippen LogP contribution in [0.4, 0.5) is 24.5 Å². The molecule has 2 aliphatic rings. The Hall–Kier alpha value is -3.12. The fourth-order valence-corrected chi connectivity index (χ4v) is 7.73. The molecule has 2 saturated carbocycles. The van der Waals surface area contributed by atoms with Crippen LogP contribution in [0.3, 0.4) is 0 Å². The van der Waals surface area contributed by atoms with E-state index in [-0.39, 0.29) is 29.8 Å². The number of hydrogen-bond acceptors (Lipinski definition) is 6. The summed E-state index contributed by atoms with van der Waals surface area (Å²) in [4.78, 5) is 15.0. The summed E-state index contributed by atoms with van der Waals surface area (Å²) in [6, 6.07) is 4.47. The lowest BCUT2D eigenvalue weighted by atomic mass is 9.77. The summed E-state index contributed by atoms with van der Waals surface area (Å²) >= 11 is 0. The molecule has 2 aliphatic carbocycles. The van der Waals surface area contributed by atoms with Crippen LogP contribution in [-0.2, 0) is 9.84 Å². The molecule has 9 nitrogen and oxygen atoms in total. The van der Waals surface area contributed by atoms with Crippen LogP contribution >= 0.6 is 0 Å². The van der Waals surface area contributed by atoms with Gasteiger partial charge in [-0.15, -0.1) is 0 Å². The van der Waals surface area contributed by atoms with E-state index in [0.717, 1.165) is 12.1 Å². The number of nitrogens with one attached hydrogen (secondary N) is 1. The van der Waals surface area contributed by atoms with Gasteiger partial charge < -0.3 is 15.5 Å². The lowest BCUT2D eigenvalue weighted by Crippen LogP contribution is -2.48. The zero-order valence-electron chi connectivity index (χ0n) is 18.2. The van der Waals surface area contributed by atoms with Gasteiger partial charge in [0, 0.05) is 28.3 Å². The van der Waals surface area contributed by atoms with Gasteiger partial charge in [0.1, 0.15) is 0 Å². The predicted molar refractivity (Wildman–Crippen MR) is 118 cm³/mol. The maximum absolute atomic E-state index is 13.7. The summed E-state index contributed by atoms with van der Waals surface area (Å²) in [5.41, 5.74) is 6.71. The van der Waals surface area contributed by atoms with E-state index in [1.54, 1.807) is 0 Å². The minimum atomic E-state index is -4.16. The Kier molecular flexibility index (Phi) is 6.54. The third-order valence-corrected chi connectivity index (χ3v) is 9.12. The van der Waals surface area contributed by atoms with Crippen molar-refractivity contribution in [1.29, 1.82) is 0 Å². The number of halogens is 3. The summed E-state index contributed by atoms with van der Waals surface area (Å²) in [7, 11) is -4.16. The number of benzene rings is 2. The second kappa shape index (κ2) is 9.15. The molecule has 0 aliphatic heterocycles. The van der Waals surface area contributed by atoms with E-state index in [1.165, 1.54) is 6.07 Å². The fraction of sp³-hybridized carbons (Fsp3) is 0.409. The number of anilines is 1. The molecule has 3 unspecified atom stereocenters. The number of rotatable bonds is 6. The second-order valence-corrected chi connectivity index (χ2v) is 11.1. The number of carbonyl (C=O) groups excluding carboxylic acids is 1. The molecule has 35 heavy (non-hydrogen) atoms. The van der Waals surface area contributed by atoms with Gasteiger partial charge in [-0.3, -0.25) is 4.79 Å². The van der Waals surface area contributed by atoms with Crippen molar-refractivity contribution < 1.29 is 36.6 Å². The van der Waals surface area contributed by atoms with E-state index >= 15 is 0 Å². The first-order chi connectivity index (χ1) is 16.5. The van der Waals surface area contributed by atoms with Crippen molar-refractivity contribution in [1.82, 2.24) is 0 Å². The van der Waals surface area contributed by atoms with Crippen molar-refractivity contribution in [2.75, 3.05) is 11.9 Å². The average molecular weight is 510 g/mol. The number of aliphatic hydroxyl groups is 2. The van der Waals surface area contributed by atoms with Crippen molar-refractivity contribution in [2.45, 2.75) is 41.4 Å². The summed E-state index contributed by atoms with van der Waals surface area (Å²) in [6.45, 7) is -0.489. The normalized spacial score (nSPS) is 25.7. The number of fused-ring (bicyclic) bond motifs is 2. The third kappa shape index (κ3) is 4.59. The van der Waals surface area contributed by atoms with Gasteiger partial charge in [-0.05, 0) is 55.2 Å². The number of hydrogen-bond donors (Lipinski definition) is 3. The molecule has 0 spiro atoms. The number of carbonyl (C=O) groups is 1. The topological polar surface area (TPSA) is 152 Å². The maximum Gasteiger partial charge on any atom is 0.255 e. The van der Waals surface area contributed by atoms with E-state index in [9.17, 15) is 36.6 Å². The molecule has 13 heteroatoms. The minimum Gasteiger partial charge on any atom is -0.393 e. The van der Waals surface area contributed by atoms with Crippen LogP contribution in [0.15, 0.2) is 40.3 Å². The Morgan fingerprint density at radius 3 is 2.29 bits per heavy atom. The lowest BCUT2D eigenvalue weighted by Gasteiger charge is -2.39. The van der Waals surface area contributed by atoms with E-state index < -0.39 is 67.4 Å². The fourth-order valence-electron chi connectivity index (χ4n) is 5.26. The van der Waals surface area contributed by atoms with E-state index in [0.29, 0.717) is 25.0 Å². The summed E-state index contributed by atoms with van der Waals surface area (Å²) in [5.74, 6) is -6.56. The number of sulfone groups is 1. The highest BCUT2D eigenvalue weighted by atomic mass is 32.2. The molecule has 0 heterocycles. The molecule has 186 valence electrons. The Labute approximate surface area is 198 Å². The Morgan fingerprint density at radius 1 is 1.14 bits per heavy atom. The molecule has 0 radical (unpaired) electrons. The van der Waals surface area contributed by atoms with Crippen molar-refractivity contribution in [3.05, 3.63) is 63.8 Å². The molecule has 4 atom stereocenters. The first-order valence-corrected chi connectivity index (χ1v) is 12.3.